The number of rotatable bonds is 3. The molecule has 6 nitrogen and oxygen atoms in total. The maximum absolute atomic E-state index is 9.83. The van der Waals surface area contributed by atoms with E-state index in [4.69, 9.17) is 0 Å². The summed E-state index contributed by atoms with van der Waals surface area (Å²) in [6, 6.07) is 0. The molecule has 0 amide bonds. The Morgan fingerprint density at radius 2 is 0.824 bits per heavy atom. The lowest BCUT2D eigenvalue weighted by molar-refractivity contribution is 0.318. The average Bonchev–Trinajstić information content (AvgIpc) is 3.22. The molecule has 0 saturated heterocycles. The molecule has 0 saturated carbocycles. The molecule has 186 valence electrons. The highest BCUT2D eigenvalue weighted by Crippen LogP contribution is 2.42. The van der Waals surface area contributed by atoms with Crippen LogP contribution in [0.4, 0.5) is 0 Å². The lowest BCUT2D eigenvalue weighted by Gasteiger charge is -2.21. The van der Waals surface area contributed by atoms with Crippen LogP contribution in [-0.2, 0) is 0 Å². The third-order valence-corrected chi connectivity index (χ3v) is 6.05. The van der Waals surface area contributed by atoms with Crippen molar-refractivity contribution in [2.45, 2.75) is 83.1 Å². The van der Waals surface area contributed by atoms with Crippen LogP contribution in [0.3, 0.4) is 0 Å². The zero-order chi connectivity index (χ0) is 26.3. The Balaban J connectivity index is 2.51. The molecule has 0 aromatic rings. The molecule has 34 heavy (non-hydrogen) atoms. The van der Waals surface area contributed by atoms with E-state index >= 15 is 0 Å². The number of hydrogen-bond acceptors (Lipinski definition) is 6. The van der Waals surface area contributed by atoms with Gasteiger partial charge in [-0.2, -0.15) is 10.2 Å². The van der Waals surface area contributed by atoms with Gasteiger partial charge in [0, 0.05) is 11.1 Å². The molecule has 0 unspecified atom stereocenters. The van der Waals surface area contributed by atoms with E-state index in [9.17, 15) is 10.4 Å². The molecule has 2 aliphatic carbocycles. The molecule has 0 aromatic heterocycles. The Morgan fingerprint density at radius 1 is 0.529 bits per heavy atom. The second kappa shape index (κ2) is 9.12. The summed E-state index contributed by atoms with van der Waals surface area (Å²) in [6.45, 7) is 25.3. The SMILES string of the molecule is CC(C)(C)C1=CC(C(C)(C)C)=C(/C=N/N=C/C2=C(C(C)(C)C)C=C(C(C)(C)C)/C2=N\O)/C1=N\O. The van der Waals surface area contributed by atoms with Crippen LogP contribution in [0.25, 0.3) is 0 Å². The molecular weight excluding hydrogens is 424 g/mol. The second-order valence-corrected chi connectivity index (χ2v) is 13.2. The van der Waals surface area contributed by atoms with Gasteiger partial charge in [-0.25, -0.2) is 0 Å². The van der Waals surface area contributed by atoms with Gasteiger partial charge < -0.3 is 10.4 Å². The summed E-state index contributed by atoms with van der Waals surface area (Å²) >= 11 is 0. The quantitative estimate of drug-likeness (QED) is 0.258. The maximum Gasteiger partial charge on any atom is 0.115 e. The van der Waals surface area contributed by atoms with Gasteiger partial charge in [0.25, 0.3) is 0 Å². The van der Waals surface area contributed by atoms with Gasteiger partial charge in [0.05, 0.1) is 12.4 Å². The second-order valence-electron chi connectivity index (χ2n) is 13.2. The van der Waals surface area contributed by atoms with Crippen LogP contribution in [0.5, 0.6) is 0 Å². The topological polar surface area (TPSA) is 89.9 Å². The van der Waals surface area contributed by atoms with Crippen molar-refractivity contribution in [1.82, 2.24) is 0 Å². The maximum atomic E-state index is 9.83. The summed E-state index contributed by atoms with van der Waals surface area (Å²) in [6.07, 6.45) is 7.52. The summed E-state index contributed by atoms with van der Waals surface area (Å²) in [4.78, 5) is 0. The van der Waals surface area contributed by atoms with Crippen molar-refractivity contribution in [3.05, 3.63) is 45.6 Å². The fourth-order valence-corrected chi connectivity index (χ4v) is 4.17. The number of nitrogens with zero attached hydrogens (tertiary/aromatic N) is 4. The molecule has 0 spiro atoms. The van der Waals surface area contributed by atoms with E-state index in [0.717, 1.165) is 33.4 Å². The minimum Gasteiger partial charge on any atom is -0.410 e. The Labute approximate surface area is 205 Å². The van der Waals surface area contributed by atoms with E-state index in [1.165, 1.54) is 0 Å². The average molecular weight is 467 g/mol. The number of hydrogen-bond donors (Lipinski definition) is 2. The largest absolute Gasteiger partial charge is 0.410 e. The van der Waals surface area contributed by atoms with Gasteiger partial charge in [0.2, 0.25) is 0 Å². The summed E-state index contributed by atoms with van der Waals surface area (Å²) in [5.74, 6) is 0. The highest BCUT2D eigenvalue weighted by atomic mass is 16.4. The first-order valence-corrected chi connectivity index (χ1v) is 11.8. The molecule has 0 bridgehead atoms. The van der Waals surface area contributed by atoms with Crippen LogP contribution < -0.4 is 0 Å². The van der Waals surface area contributed by atoms with Crippen molar-refractivity contribution in [2.75, 3.05) is 0 Å². The van der Waals surface area contributed by atoms with Crippen molar-refractivity contribution in [1.29, 1.82) is 0 Å². The Hall–Kier alpha value is -2.76. The van der Waals surface area contributed by atoms with E-state index in [0.29, 0.717) is 11.4 Å². The lowest BCUT2D eigenvalue weighted by Crippen LogP contribution is -2.18. The van der Waals surface area contributed by atoms with Gasteiger partial charge in [-0.15, -0.1) is 0 Å². The summed E-state index contributed by atoms with van der Waals surface area (Å²) < 4.78 is 0. The predicted octanol–water partition coefficient (Wildman–Crippen LogP) is 7.36. The first kappa shape index (κ1) is 27.5. The van der Waals surface area contributed by atoms with Crippen LogP contribution in [0, 0.1) is 21.7 Å². The van der Waals surface area contributed by atoms with Crippen LogP contribution in [0.1, 0.15) is 83.1 Å². The van der Waals surface area contributed by atoms with Crippen LogP contribution >= 0.6 is 0 Å². The molecule has 2 N–H and O–H groups in total. The van der Waals surface area contributed by atoms with E-state index in [1.54, 1.807) is 12.4 Å². The molecule has 2 aliphatic rings. The first-order chi connectivity index (χ1) is 15.3. The van der Waals surface area contributed by atoms with Gasteiger partial charge in [0.1, 0.15) is 11.4 Å². The van der Waals surface area contributed by atoms with Crippen molar-refractivity contribution in [3.8, 4) is 0 Å². The molecule has 2 rings (SSSR count). The zero-order valence-electron chi connectivity index (χ0n) is 23.0. The highest BCUT2D eigenvalue weighted by molar-refractivity contribution is 6.28. The van der Waals surface area contributed by atoms with Crippen molar-refractivity contribution >= 4 is 23.9 Å². The molecule has 6 heteroatoms. The monoisotopic (exact) mass is 466 g/mol. The highest BCUT2D eigenvalue weighted by Gasteiger charge is 2.36. The Kier molecular flexibility index (Phi) is 7.37. The number of allylic oxidation sites excluding steroid dienone is 8. The summed E-state index contributed by atoms with van der Waals surface area (Å²) in [5.41, 5.74) is 5.91. The van der Waals surface area contributed by atoms with E-state index in [1.807, 2.05) is 0 Å². The predicted molar refractivity (Wildman–Crippen MR) is 143 cm³/mol. The Bertz CT molecular complexity index is 991. The molecule has 0 aliphatic heterocycles. The first-order valence-electron chi connectivity index (χ1n) is 11.8. The third kappa shape index (κ3) is 5.65. The minimum atomic E-state index is -0.186. The molecule has 0 fully saturated rings. The molecule has 0 heterocycles. The van der Waals surface area contributed by atoms with Crippen molar-refractivity contribution < 1.29 is 10.4 Å². The minimum absolute atomic E-state index is 0.163. The van der Waals surface area contributed by atoms with E-state index in [-0.39, 0.29) is 21.7 Å². The molecular formula is C28H42N4O2. The van der Waals surface area contributed by atoms with E-state index < -0.39 is 0 Å². The molecule has 0 aromatic carbocycles. The van der Waals surface area contributed by atoms with Gasteiger partial charge in [-0.3, -0.25) is 0 Å². The van der Waals surface area contributed by atoms with Crippen molar-refractivity contribution in [2.24, 2.45) is 42.2 Å². The fraction of sp³-hybridized carbons (Fsp3) is 0.571. The normalized spacial score (nSPS) is 21.2. The summed E-state index contributed by atoms with van der Waals surface area (Å²) in [5, 5.41) is 35.6. The van der Waals surface area contributed by atoms with Gasteiger partial charge >= 0.3 is 0 Å². The molecule has 0 atom stereocenters. The standard InChI is InChI=1S/C28H42N4O2/c1-25(2,3)19-13-21(27(7,8)9)23(31-33)17(19)15-29-30-16-18-20(26(4,5)6)14-22(24(18)32-34)28(10,11)12/h13-16,33-34H,1-12H3/b29-15+,30-16+,31-23-,32-24+. The number of oxime groups is 2. The van der Waals surface area contributed by atoms with Crippen LogP contribution in [0.15, 0.2) is 66.1 Å². The van der Waals surface area contributed by atoms with Crippen molar-refractivity contribution in [3.63, 3.8) is 0 Å². The third-order valence-electron chi connectivity index (χ3n) is 6.05. The van der Waals surface area contributed by atoms with Crippen LogP contribution in [0.2, 0.25) is 0 Å². The van der Waals surface area contributed by atoms with Crippen LogP contribution in [-0.4, -0.2) is 34.3 Å². The Morgan fingerprint density at radius 3 is 1.03 bits per heavy atom. The fourth-order valence-electron chi connectivity index (χ4n) is 4.17. The molecule has 0 radical (unpaired) electrons. The van der Waals surface area contributed by atoms with Gasteiger partial charge in [-0.1, -0.05) is 106 Å². The zero-order valence-corrected chi connectivity index (χ0v) is 23.0. The van der Waals surface area contributed by atoms with Gasteiger partial charge in [-0.05, 0) is 44.0 Å². The lowest BCUT2D eigenvalue weighted by atomic mass is 9.83. The summed E-state index contributed by atoms with van der Waals surface area (Å²) in [7, 11) is 0. The smallest absolute Gasteiger partial charge is 0.115 e. The van der Waals surface area contributed by atoms with Gasteiger partial charge in [0.15, 0.2) is 0 Å². The van der Waals surface area contributed by atoms with E-state index in [2.05, 4.69) is 116 Å².